The molecule has 0 saturated carbocycles. The van der Waals surface area contributed by atoms with Crippen LogP contribution in [0.4, 0.5) is 28.9 Å². The van der Waals surface area contributed by atoms with Crippen molar-refractivity contribution in [3.05, 3.63) is 81.5 Å². The third-order valence-corrected chi connectivity index (χ3v) is 5.30. The number of benzene rings is 2. The number of hydrogen-bond donors (Lipinski definition) is 1. The lowest BCUT2D eigenvalue weighted by Gasteiger charge is -2.29. The number of rotatable bonds is 4. The van der Waals surface area contributed by atoms with E-state index in [1.54, 1.807) is 0 Å². The van der Waals surface area contributed by atoms with Gasteiger partial charge in [-0.2, -0.15) is 18.3 Å². The molecule has 1 saturated heterocycles. The fraction of sp³-hybridized carbons (Fsp3) is 0.261. The highest BCUT2D eigenvalue weighted by molar-refractivity contribution is 6.02. The van der Waals surface area contributed by atoms with E-state index < -0.39 is 34.6 Å². The van der Waals surface area contributed by atoms with Crippen molar-refractivity contribution in [2.45, 2.75) is 13.1 Å². The van der Waals surface area contributed by atoms with Crippen LogP contribution in [0.2, 0.25) is 0 Å². The second-order valence-corrected chi connectivity index (χ2v) is 7.68. The molecular formula is C23H20F4N4O3. The maximum absolute atomic E-state index is 14.6. The molecule has 1 N–H and O–H groups in total. The number of alkyl halides is 3. The molecule has 1 amide bonds. The summed E-state index contributed by atoms with van der Waals surface area (Å²) in [7, 11) is 0. The number of carbonyl (C=O) groups excluding carboxylic acids is 1. The summed E-state index contributed by atoms with van der Waals surface area (Å²) in [5.74, 6) is -1.47. The Morgan fingerprint density at radius 2 is 1.82 bits per heavy atom. The fourth-order valence-corrected chi connectivity index (χ4v) is 3.62. The van der Waals surface area contributed by atoms with Gasteiger partial charge in [-0.1, -0.05) is 6.07 Å². The standard InChI is InChI=1S/C23H20F4N4O3/c1-14-11-20(32)21(29-31(14)17-4-2-3-15(12-17)23(25,26)27)22(33)28-16-5-6-19(18(24)13-16)30-7-9-34-10-8-30/h2-6,11-13H,7-10H2,1H3,(H,28,33). The number of nitrogens with zero attached hydrogens (tertiary/aromatic N) is 3. The molecule has 1 aliphatic rings. The first-order valence-electron chi connectivity index (χ1n) is 10.4. The summed E-state index contributed by atoms with van der Waals surface area (Å²) in [6, 6.07) is 9.59. The molecule has 0 bridgehead atoms. The van der Waals surface area contributed by atoms with Gasteiger partial charge in [-0.25, -0.2) is 9.07 Å². The molecule has 1 aromatic heterocycles. The lowest BCUT2D eigenvalue weighted by molar-refractivity contribution is -0.137. The van der Waals surface area contributed by atoms with E-state index in [4.69, 9.17) is 4.74 Å². The number of amides is 1. The molecule has 34 heavy (non-hydrogen) atoms. The number of carbonyl (C=O) groups is 1. The van der Waals surface area contributed by atoms with Crippen molar-refractivity contribution in [2.75, 3.05) is 36.5 Å². The second-order valence-electron chi connectivity index (χ2n) is 7.68. The Labute approximate surface area is 191 Å². The number of halogens is 4. The number of anilines is 2. The maximum Gasteiger partial charge on any atom is 0.416 e. The summed E-state index contributed by atoms with van der Waals surface area (Å²) >= 11 is 0. The summed E-state index contributed by atoms with van der Waals surface area (Å²) in [5, 5.41) is 6.41. The Kier molecular flexibility index (Phi) is 6.38. The predicted molar refractivity (Wildman–Crippen MR) is 117 cm³/mol. The van der Waals surface area contributed by atoms with Crippen LogP contribution >= 0.6 is 0 Å². The van der Waals surface area contributed by atoms with E-state index in [2.05, 4.69) is 10.4 Å². The molecule has 2 aromatic carbocycles. The third-order valence-electron chi connectivity index (χ3n) is 5.30. The Hall–Kier alpha value is -3.73. The molecule has 11 heteroatoms. The molecule has 4 rings (SSSR count). The minimum Gasteiger partial charge on any atom is -0.378 e. The molecule has 2 heterocycles. The topological polar surface area (TPSA) is 76.5 Å². The largest absolute Gasteiger partial charge is 0.416 e. The Bertz CT molecular complexity index is 1280. The highest BCUT2D eigenvalue weighted by atomic mass is 19.4. The quantitative estimate of drug-likeness (QED) is 0.580. The number of ether oxygens (including phenoxy) is 1. The fourth-order valence-electron chi connectivity index (χ4n) is 3.62. The zero-order chi connectivity index (χ0) is 24.5. The van der Waals surface area contributed by atoms with E-state index in [-0.39, 0.29) is 17.1 Å². The predicted octanol–water partition coefficient (Wildman–Crippen LogP) is 3.79. The van der Waals surface area contributed by atoms with Crippen molar-refractivity contribution in [1.29, 1.82) is 0 Å². The highest BCUT2D eigenvalue weighted by Crippen LogP contribution is 2.30. The molecule has 7 nitrogen and oxygen atoms in total. The van der Waals surface area contributed by atoms with Crippen molar-refractivity contribution in [3.63, 3.8) is 0 Å². The van der Waals surface area contributed by atoms with E-state index in [0.29, 0.717) is 32.0 Å². The minimum absolute atomic E-state index is 0.0299. The van der Waals surface area contributed by atoms with Crippen molar-refractivity contribution in [2.24, 2.45) is 0 Å². The first-order valence-corrected chi connectivity index (χ1v) is 10.4. The van der Waals surface area contributed by atoms with Gasteiger partial charge in [0.2, 0.25) is 5.43 Å². The molecular weight excluding hydrogens is 456 g/mol. The van der Waals surface area contributed by atoms with E-state index in [9.17, 15) is 27.2 Å². The molecule has 0 unspecified atom stereocenters. The number of morpholine rings is 1. The molecule has 0 aliphatic carbocycles. The van der Waals surface area contributed by atoms with Crippen LogP contribution in [-0.2, 0) is 10.9 Å². The van der Waals surface area contributed by atoms with Crippen LogP contribution in [-0.4, -0.2) is 42.0 Å². The van der Waals surface area contributed by atoms with Gasteiger partial charge in [0.1, 0.15) is 5.82 Å². The molecule has 0 spiro atoms. The van der Waals surface area contributed by atoms with Crippen molar-refractivity contribution >= 4 is 17.3 Å². The van der Waals surface area contributed by atoms with Crippen LogP contribution in [0.3, 0.4) is 0 Å². The van der Waals surface area contributed by atoms with Gasteiger partial charge in [-0.3, -0.25) is 9.59 Å². The van der Waals surface area contributed by atoms with E-state index in [1.807, 2.05) is 4.90 Å². The van der Waals surface area contributed by atoms with Gasteiger partial charge in [0, 0.05) is 30.5 Å². The van der Waals surface area contributed by atoms with Gasteiger partial charge in [-0.05, 0) is 43.3 Å². The summed E-state index contributed by atoms with van der Waals surface area (Å²) in [6.07, 6.45) is -4.57. The van der Waals surface area contributed by atoms with E-state index >= 15 is 0 Å². The van der Waals surface area contributed by atoms with Gasteiger partial charge in [-0.15, -0.1) is 0 Å². The summed E-state index contributed by atoms with van der Waals surface area (Å²) in [4.78, 5) is 27.0. The average Bonchev–Trinajstić information content (AvgIpc) is 2.79. The SMILES string of the molecule is Cc1cc(=O)c(C(=O)Nc2ccc(N3CCOCC3)c(F)c2)nn1-c1cccc(C(F)(F)F)c1. The number of nitrogens with one attached hydrogen (secondary N) is 1. The molecule has 0 atom stereocenters. The zero-order valence-corrected chi connectivity index (χ0v) is 18.0. The van der Waals surface area contributed by atoms with Gasteiger partial charge in [0.15, 0.2) is 5.69 Å². The zero-order valence-electron chi connectivity index (χ0n) is 18.0. The van der Waals surface area contributed by atoms with Crippen LogP contribution in [0, 0.1) is 12.7 Å². The molecule has 3 aromatic rings. The van der Waals surface area contributed by atoms with Gasteiger partial charge < -0.3 is 15.0 Å². The monoisotopic (exact) mass is 476 g/mol. The van der Waals surface area contributed by atoms with Crippen LogP contribution in [0.15, 0.2) is 53.3 Å². The second kappa shape index (κ2) is 9.26. The maximum atomic E-state index is 14.6. The van der Waals surface area contributed by atoms with E-state index in [0.717, 1.165) is 28.9 Å². The van der Waals surface area contributed by atoms with Crippen LogP contribution in [0.25, 0.3) is 5.69 Å². The molecule has 178 valence electrons. The van der Waals surface area contributed by atoms with Gasteiger partial charge in [0.05, 0.1) is 30.2 Å². The lowest BCUT2D eigenvalue weighted by Crippen LogP contribution is -2.36. The average molecular weight is 476 g/mol. The summed E-state index contributed by atoms with van der Waals surface area (Å²) < 4.78 is 60.2. The number of aryl methyl sites for hydroxylation is 1. The first-order chi connectivity index (χ1) is 16.1. The Balaban J connectivity index is 1.61. The molecule has 1 fully saturated rings. The van der Waals surface area contributed by atoms with E-state index in [1.165, 1.54) is 31.2 Å². The third kappa shape index (κ3) is 4.93. The molecule has 1 aliphatic heterocycles. The highest BCUT2D eigenvalue weighted by Gasteiger charge is 2.30. The van der Waals surface area contributed by atoms with Crippen molar-refractivity contribution in [1.82, 2.24) is 9.78 Å². The van der Waals surface area contributed by atoms with Crippen LogP contribution in [0.1, 0.15) is 21.7 Å². The normalized spacial score (nSPS) is 14.2. The first kappa shape index (κ1) is 23.4. The van der Waals surface area contributed by atoms with Crippen LogP contribution < -0.4 is 15.6 Å². The van der Waals surface area contributed by atoms with Crippen molar-refractivity contribution in [3.8, 4) is 5.69 Å². The smallest absolute Gasteiger partial charge is 0.378 e. The Morgan fingerprint density at radius 1 is 1.09 bits per heavy atom. The summed E-state index contributed by atoms with van der Waals surface area (Å²) in [6.45, 7) is 3.51. The van der Waals surface area contributed by atoms with Gasteiger partial charge in [0.25, 0.3) is 5.91 Å². The summed E-state index contributed by atoms with van der Waals surface area (Å²) in [5.41, 5.74) is -1.42. The number of hydrogen-bond acceptors (Lipinski definition) is 5. The van der Waals surface area contributed by atoms with Crippen LogP contribution in [0.5, 0.6) is 0 Å². The number of aromatic nitrogens is 2. The van der Waals surface area contributed by atoms with Gasteiger partial charge >= 0.3 is 6.18 Å². The Morgan fingerprint density at radius 3 is 2.50 bits per heavy atom. The molecule has 0 radical (unpaired) electrons. The lowest BCUT2D eigenvalue weighted by atomic mass is 10.2. The minimum atomic E-state index is -4.57. The van der Waals surface area contributed by atoms with Crippen molar-refractivity contribution < 1.29 is 27.1 Å².